The molecule has 5 nitrogen and oxygen atoms in total. The molecule has 0 saturated heterocycles. The predicted molar refractivity (Wildman–Crippen MR) is 77.4 cm³/mol. The molecule has 3 N–H and O–H groups in total. The number of fused-ring (bicyclic) bond motifs is 1. The summed E-state index contributed by atoms with van der Waals surface area (Å²) in [5.74, 6) is 1.69. The molecule has 1 aromatic carbocycles. The Kier molecular flexibility index (Phi) is 3.16. The van der Waals surface area contributed by atoms with E-state index >= 15 is 0 Å². The lowest BCUT2D eigenvalue weighted by Crippen LogP contribution is -2.46. The monoisotopic (exact) mass is 274 g/mol. The highest BCUT2D eigenvalue weighted by Crippen LogP contribution is 2.23. The van der Waals surface area contributed by atoms with Crippen LogP contribution in [0.1, 0.15) is 5.56 Å². The molecule has 1 amide bonds. The van der Waals surface area contributed by atoms with Crippen molar-refractivity contribution < 1.29 is 4.79 Å². The maximum Gasteiger partial charge on any atom is 0.288 e. The van der Waals surface area contributed by atoms with Crippen LogP contribution in [0.3, 0.4) is 0 Å². The molecule has 2 aliphatic heterocycles. The van der Waals surface area contributed by atoms with Crippen LogP contribution in [-0.2, 0) is 11.2 Å². The van der Waals surface area contributed by atoms with E-state index in [0.717, 1.165) is 29.4 Å². The Labute approximate surface area is 115 Å². The van der Waals surface area contributed by atoms with E-state index in [0.29, 0.717) is 12.1 Å². The third kappa shape index (κ3) is 2.44. The normalized spacial score (nSPS) is 18.3. The van der Waals surface area contributed by atoms with E-state index in [1.165, 1.54) is 0 Å². The molecular weight excluding hydrogens is 260 g/mol. The van der Waals surface area contributed by atoms with Crippen molar-refractivity contribution in [2.45, 2.75) is 6.42 Å². The summed E-state index contributed by atoms with van der Waals surface area (Å²) in [5.41, 5.74) is 10.9. The summed E-state index contributed by atoms with van der Waals surface area (Å²) in [4.78, 5) is 13.7. The van der Waals surface area contributed by atoms with Crippen LogP contribution in [-0.4, -0.2) is 28.9 Å². The molecule has 2 heterocycles. The first kappa shape index (κ1) is 12.1. The number of hydrogen-bond donors (Lipinski definition) is 2. The number of benzene rings is 1. The van der Waals surface area contributed by atoms with Crippen LogP contribution in [0.15, 0.2) is 40.5 Å². The number of hydrogen-bond acceptors (Lipinski definition) is 5. The van der Waals surface area contributed by atoms with Gasteiger partial charge in [-0.1, -0.05) is 12.1 Å². The van der Waals surface area contributed by atoms with Gasteiger partial charge in [-0.25, -0.2) is 5.43 Å². The Morgan fingerprint density at radius 3 is 3.21 bits per heavy atom. The van der Waals surface area contributed by atoms with Gasteiger partial charge in [0, 0.05) is 29.8 Å². The summed E-state index contributed by atoms with van der Waals surface area (Å²) in [7, 11) is 0. The number of thioether (sulfide) groups is 1. The lowest BCUT2D eigenvalue weighted by molar-refractivity contribution is -0.119. The van der Waals surface area contributed by atoms with Gasteiger partial charge in [-0.05, 0) is 17.7 Å². The predicted octanol–water partition coefficient (Wildman–Crippen LogP) is 1.14. The smallest absolute Gasteiger partial charge is 0.288 e. The first-order valence-corrected chi connectivity index (χ1v) is 7.09. The highest BCUT2D eigenvalue weighted by atomic mass is 32.2. The van der Waals surface area contributed by atoms with Crippen LogP contribution >= 0.6 is 11.8 Å². The quantitative estimate of drug-likeness (QED) is 0.794. The molecule has 0 aliphatic carbocycles. The number of rotatable bonds is 2. The number of carbonyl (C=O) groups is 1. The average molecular weight is 274 g/mol. The molecular formula is C13H14N4OS. The highest BCUT2D eigenvalue weighted by molar-refractivity contribution is 8.02. The van der Waals surface area contributed by atoms with Crippen LogP contribution < -0.4 is 11.2 Å². The summed E-state index contributed by atoms with van der Waals surface area (Å²) in [6.45, 7) is 0.811. The van der Waals surface area contributed by atoms with Gasteiger partial charge in [-0.3, -0.25) is 4.79 Å². The lowest BCUT2D eigenvalue weighted by atomic mass is 10.1. The van der Waals surface area contributed by atoms with E-state index in [9.17, 15) is 4.79 Å². The van der Waals surface area contributed by atoms with Crippen molar-refractivity contribution in [3.8, 4) is 0 Å². The number of nitrogens with two attached hydrogens (primary N) is 1. The molecule has 0 fully saturated rings. The topological polar surface area (TPSA) is 70.7 Å². The molecule has 0 bridgehead atoms. The second-order valence-electron chi connectivity index (χ2n) is 4.42. The Hall–Kier alpha value is -1.95. The summed E-state index contributed by atoms with van der Waals surface area (Å²) < 4.78 is 0. The van der Waals surface area contributed by atoms with Gasteiger partial charge in [0.1, 0.15) is 11.5 Å². The highest BCUT2D eigenvalue weighted by Gasteiger charge is 2.28. The first-order chi connectivity index (χ1) is 9.24. The zero-order chi connectivity index (χ0) is 13.2. The van der Waals surface area contributed by atoms with E-state index in [1.807, 2.05) is 34.6 Å². The summed E-state index contributed by atoms with van der Waals surface area (Å²) in [5, 5.41) is 6.07. The van der Waals surface area contributed by atoms with Crippen molar-refractivity contribution in [1.82, 2.24) is 10.3 Å². The third-order valence-corrected chi connectivity index (χ3v) is 3.87. The standard InChI is InChI=1S/C13H14N4OS/c14-10-3-1-2-9(6-10)7-12-15-16-13(18)11-8-19-5-4-17(11)12/h1-3,6,8H,4-5,7,14H2,(H,16,18). The fourth-order valence-corrected chi connectivity index (χ4v) is 2.96. The number of hydrazone groups is 1. The maximum absolute atomic E-state index is 11.7. The molecule has 0 unspecified atom stereocenters. The second kappa shape index (κ2) is 4.97. The number of carbonyl (C=O) groups excluding carboxylic acids is 1. The van der Waals surface area contributed by atoms with Crippen LogP contribution in [0.5, 0.6) is 0 Å². The second-order valence-corrected chi connectivity index (χ2v) is 5.39. The minimum atomic E-state index is -0.136. The SMILES string of the molecule is Nc1cccc(CC2=NNC(=O)C3=CSCCN32)c1. The van der Waals surface area contributed by atoms with E-state index in [1.54, 1.807) is 11.8 Å². The Balaban J connectivity index is 1.86. The number of amides is 1. The van der Waals surface area contributed by atoms with Gasteiger partial charge in [-0.2, -0.15) is 5.10 Å². The third-order valence-electron chi connectivity index (χ3n) is 3.06. The van der Waals surface area contributed by atoms with Gasteiger partial charge in [0.15, 0.2) is 0 Å². The Bertz CT molecular complexity index is 582. The minimum Gasteiger partial charge on any atom is -0.399 e. The molecule has 6 heteroatoms. The lowest BCUT2D eigenvalue weighted by Gasteiger charge is -2.33. The van der Waals surface area contributed by atoms with Crippen LogP contribution in [0.25, 0.3) is 0 Å². The van der Waals surface area contributed by atoms with E-state index in [4.69, 9.17) is 5.73 Å². The fourth-order valence-electron chi connectivity index (χ4n) is 2.16. The average Bonchev–Trinajstić information content (AvgIpc) is 2.42. The van der Waals surface area contributed by atoms with Crippen LogP contribution in [0.4, 0.5) is 5.69 Å². The first-order valence-electron chi connectivity index (χ1n) is 6.04. The summed E-state index contributed by atoms with van der Waals surface area (Å²) in [6, 6.07) is 7.73. The summed E-state index contributed by atoms with van der Waals surface area (Å²) in [6.07, 6.45) is 0.660. The Morgan fingerprint density at radius 1 is 1.47 bits per heavy atom. The molecule has 0 aromatic heterocycles. The number of nitrogen functional groups attached to an aromatic ring is 1. The van der Waals surface area contributed by atoms with Crippen molar-refractivity contribution >= 4 is 29.2 Å². The molecule has 2 aliphatic rings. The van der Waals surface area contributed by atoms with Gasteiger partial charge in [-0.15, -0.1) is 11.8 Å². The molecule has 1 aromatic rings. The van der Waals surface area contributed by atoms with Gasteiger partial charge in [0.25, 0.3) is 5.91 Å². The van der Waals surface area contributed by atoms with E-state index < -0.39 is 0 Å². The van der Waals surface area contributed by atoms with Gasteiger partial charge in [0.05, 0.1) is 0 Å². The zero-order valence-electron chi connectivity index (χ0n) is 10.3. The van der Waals surface area contributed by atoms with Crippen molar-refractivity contribution in [2.75, 3.05) is 18.0 Å². The van der Waals surface area contributed by atoms with E-state index in [-0.39, 0.29) is 5.91 Å². The number of nitrogens with zero attached hydrogens (tertiary/aromatic N) is 2. The molecule has 0 saturated carbocycles. The minimum absolute atomic E-state index is 0.136. The van der Waals surface area contributed by atoms with Crippen molar-refractivity contribution in [3.63, 3.8) is 0 Å². The van der Waals surface area contributed by atoms with Crippen LogP contribution in [0, 0.1) is 0 Å². The molecule has 98 valence electrons. The zero-order valence-corrected chi connectivity index (χ0v) is 11.1. The molecule has 19 heavy (non-hydrogen) atoms. The fraction of sp³-hybridized carbons (Fsp3) is 0.231. The van der Waals surface area contributed by atoms with Crippen molar-refractivity contribution in [1.29, 1.82) is 0 Å². The van der Waals surface area contributed by atoms with Crippen molar-refractivity contribution in [3.05, 3.63) is 40.9 Å². The van der Waals surface area contributed by atoms with Crippen LogP contribution in [0.2, 0.25) is 0 Å². The Morgan fingerprint density at radius 2 is 2.37 bits per heavy atom. The molecule has 0 atom stereocenters. The number of amidine groups is 1. The summed E-state index contributed by atoms with van der Waals surface area (Å²) >= 11 is 1.66. The number of nitrogens with one attached hydrogen (secondary N) is 1. The molecule has 0 spiro atoms. The molecule has 0 radical (unpaired) electrons. The largest absolute Gasteiger partial charge is 0.399 e. The maximum atomic E-state index is 11.7. The van der Waals surface area contributed by atoms with E-state index in [2.05, 4.69) is 10.5 Å². The molecule has 3 rings (SSSR count). The van der Waals surface area contributed by atoms with Gasteiger partial charge in [0.2, 0.25) is 0 Å². The van der Waals surface area contributed by atoms with Gasteiger partial charge >= 0.3 is 0 Å². The van der Waals surface area contributed by atoms with Crippen molar-refractivity contribution in [2.24, 2.45) is 5.10 Å². The van der Waals surface area contributed by atoms with Gasteiger partial charge < -0.3 is 10.6 Å². The number of anilines is 1.